The molecule has 9 heteroatoms. The van der Waals surface area contributed by atoms with Crippen molar-refractivity contribution in [3.63, 3.8) is 0 Å². The van der Waals surface area contributed by atoms with Crippen LogP contribution in [0.15, 0.2) is 18.5 Å². The molecule has 0 aliphatic heterocycles. The summed E-state index contributed by atoms with van der Waals surface area (Å²) in [5, 5.41) is 0. The molecule has 1 unspecified atom stereocenters. The van der Waals surface area contributed by atoms with Gasteiger partial charge in [-0.15, -0.1) is 0 Å². The highest BCUT2D eigenvalue weighted by Gasteiger charge is 2.50. The van der Waals surface area contributed by atoms with Crippen LogP contribution in [0.1, 0.15) is 119 Å². The van der Waals surface area contributed by atoms with Crippen LogP contribution in [0.5, 0.6) is 5.88 Å². The number of unbranched alkanes of at least 4 members (excludes halogenated alkanes) is 7. The Morgan fingerprint density at radius 3 is 2.10 bits per heavy atom. The highest BCUT2D eigenvalue weighted by atomic mass is 19.3. The Bertz CT molecular complexity index is 1010. The largest absolute Gasteiger partial charge is 0.478 e. The van der Waals surface area contributed by atoms with Gasteiger partial charge in [-0.05, 0) is 68.9 Å². The van der Waals surface area contributed by atoms with Crippen LogP contribution in [-0.2, 0) is 28.2 Å². The zero-order valence-corrected chi connectivity index (χ0v) is 24.9. The third kappa shape index (κ3) is 10.8. The highest BCUT2D eigenvalue weighted by molar-refractivity contribution is 5.38. The summed E-state index contributed by atoms with van der Waals surface area (Å²) in [6.07, 6.45) is 15.9. The van der Waals surface area contributed by atoms with Crippen LogP contribution < -0.4 is 4.74 Å². The molecule has 1 aliphatic rings. The van der Waals surface area contributed by atoms with E-state index in [-0.39, 0.29) is 30.1 Å². The van der Waals surface area contributed by atoms with Gasteiger partial charge in [0.15, 0.2) is 0 Å². The third-order valence-electron chi connectivity index (χ3n) is 7.52. The zero-order valence-electron chi connectivity index (χ0n) is 24.9. The molecule has 0 amide bonds. The molecule has 0 aromatic carbocycles. The average Bonchev–Trinajstić information content (AvgIpc) is 2.95. The molecule has 1 aliphatic carbocycles. The molecule has 41 heavy (non-hydrogen) atoms. The summed E-state index contributed by atoms with van der Waals surface area (Å²) in [7, 11) is 0. The molecule has 2 aromatic heterocycles. The Hall–Kier alpha value is -2.26. The Morgan fingerprint density at radius 2 is 1.41 bits per heavy atom. The number of pyridine rings is 1. The van der Waals surface area contributed by atoms with Crippen molar-refractivity contribution in [2.24, 2.45) is 0 Å². The average molecular weight is 580 g/mol. The SMILES string of the molecule is CCCCCCOCCCCCc1cnc(C2CCc3cc(OCCCCOCCCC)nc(F)c3C2(F)F)nc1. The molecule has 0 saturated heterocycles. The molecule has 0 N–H and O–H groups in total. The summed E-state index contributed by atoms with van der Waals surface area (Å²) < 4.78 is 62.7. The van der Waals surface area contributed by atoms with Crippen molar-refractivity contribution < 1.29 is 27.4 Å². The summed E-state index contributed by atoms with van der Waals surface area (Å²) in [6.45, 7) is 7.62. The molecular formula is C32H48F3N3O3. The second kappa shape index (κ2) is 18.3. The lowest BCUT2D eigenvalue weighted by Crippen LogP contribution is -2.33. The van der Waals surface area contributed by atoms with E-state index < -0.39 is 23.4 Å². The second-order valence-electron chi connectivity index (χ2n) is 11.0. The van der Waals surface area contributed by atoms with Crippen molar-refractivity contribution in [3.05, 3.63) is 46.9 Å². The van der Waals surface area contributed by atoms with Gasteiger partial charge in [0.25, 0.3) is 5.92 Å². The van der Waals surface area contributed by atoms with Gasteiger partial charge in [-0.3, -0.25) is 0 Å². The molecule has 0 spiro atoms. The summed E-state index contributed by atoms with van der Waals surface area (Å²) in [4.78, 5) is 12.2. The van der Waals surface area contributed by atoms with Gasteiger partial charge in [-0.1, -0.05) is 46.0 Å². The van der Waals surface area contributed by atoms with Gasteiger partial charge < -0.3 is 14.2 Å². The van der Waals surface area contributed by atoms with E-state index in [1.807, 2.05) is 0 Å². The lowest BCUT2D eigenvalue weighted by Gasteiger charge is -2.32. The minimum atomic E-state index is -3.46. The summed E-state index contributed by atoms with van der Waals surface area (Å²) in [5.41, 5.74) is 0.486. The van der Waals surface area contributed by atoms with Crippen LogP contribution in [0.4, 0.5) is 13.2 Å². The van der Waals surface area contributed by atoms with Crippen molar-refractivity contribution in [2.45, 2.75) is 116 Å². The van der Waals surface area contributed by atoms with Crippen LogP contribution in [0.25, 0.3) is 0 Å². The number of nitrogens with zero attached hydrogens (tertiary/aromatic N) is 3. The number of aromatic nitrogens is 3. The first-order valence-electron chi connectivity index (χ1n) is 15.6. The quantitative estimate of drug-likeness (QED) is 0.110. The molecular weight excluding hydrogens is 531 g/mol. The topological polar surface area (TPSA) is 66.4 Å². The van der Waals surface area contributed by atoms with E-state index in [0.717, 1.165) is 76.8 Å². The molecule has 3 rings (SSSR count). The minimum absolute atomic E-state index is 0.0431. The smallest absolute Gasteiger partial charge is 0.287 e. The second-order valence-corrected chi connectivity index (χ2v) is 11.0. The van der Waals surface area contributed by atoms with Gasteiger partial charge in [0.2, 0.25) is 11.8 Å². The lowest BCUT2D eigenvalue weighted by molar-refractivity contribution is -0.0501. The fourth-order valence-electron chi connectivity index (χ4n) is 5.06. The Morgan fingerprint density at radius 1 is 0.805 bits per heavy atom. The molecule has 0 bridgehead atoms. The van der Waals surface area contributed by atoms with Gasteiger partial charge in [-0.25, -0.2) is 18.7 Å². The number of fused-ring (bicyclic) bond motifs is 1. The number of aryl methyl sites for hydroxylation is 2. The molecule has 2 heterocycles. The Labute approximate surface area is 243 Å². The van der Waals surface area contributed by atoms with E-state index >= 15 is 8.78 Å². The molecule has 0 radical (unpaired) electrons. The van der Waals surface area contributed by atoms with Crippen molar-refractivity contribution >= 4 is 0 Å². The normalized spacial score (nSPS) is 16.1. The number of halogens is 3. The van der Waals surface area contributed by atoms with Crippen LogP contribution >= 0.6 is 0 Å². The van der Waals surface area contributed by atoms with Gasteiger partial charge in [0, 0.05) is 44.9 Å². The maximum Gasteiger partial charge on any atom is 0.287 e. The number of alkyl halides is 2. The molecule has 230 valence electrons. The zero-order chi connectivity index (χ0) is 29.3. The van der Waals surface area contributed by atoms with Gasteiger partial charge >= 0.3 is 0 Å². The maximum absolute atomic E-state index is 15.5. The number of hydrogen-bond donors (Lipinski definition) is 0. The summed E-state index contributed by atoms with van der Waals surface area (Å²) >= 11 is 0. The van der Waals surface area contributed by atoms with Crippen LogP contribution in [0.3, 0.4) is 0 Å². The predicted octanol–water partition coefficient (Wildman–Crippen LogP) is 8.12. The van der Waals surface area contributed by atoms with Crippen molar-refractivity contribution in [3.8, 4) is 5.88 Å². The fraction of sp³-hybridized carbons (Fsp3) is 0.719. The van der Waals surface area contributed by atoms with Crippen molar-refractivity contribution in [2.75, 3.05) is 33.0 Å². The van der Waals surface area contributed by atoms with E-state index in [1.54, 1.807) is 12.4 Å². The van der Waals surface area contributed by atoms with Crippen molar-refractivity contribution in [1.29, 1.82) is 0 Å². The minimum Gasteiger partial charge on any atom is -0.478 e. The molecule has 0 fully saturated rings. The monoisotopic (exact) mass is 579 g/mol. The molecule has 6 nitrogen and oxygen atoms in total. The van der Waals surface area contributed by atoms with E-state index in [2.05, 4.69) is 28.8 Å². The van der Waals surface area contributed by atoms with E-state index in [0.29, 0.717) is 19.6 Å². The van der Waals surface area contributed by atoms with Crippen LogP contribution in [0, 0.1) is 5.95 Å². The summed E-state index contributed by atoms with van der Waals surface area (Å²) in [6, 6.07) is 1.45. The van der Waals surface area contributed by atoms with E-state index in [9.17, 15) is 4.39 Å². The van der Waals surface area contributed by atoms with E-state index in [1.165, 1.54) is 25.3 Å². The first kappa shape index (κ1) is 33.2. The third-order valence-corrected chi connectivity index (χ3v) is 7.52. The van der Waals surface area contributed by atoms with E-state index in [4.69, 9.17) is 14.2 Å². The number of hydrogen-bond acceptors (Lipinski definition) is 6. The molecule has 2 aromatic rings. The van der Waals surface area contributed by atoms with Crippen LogP contribution in [-0.4, -0.2) is 48.0 Å². The molecule has 0 saturated carbocycles. The van der Waals surface area contributed by atoms with Gasteiger partial charge in [-0.2, -0.15) is 9.37 Å². The number of ether oxygens (including phenoxy) is 3. The predicted molar refractivity (Wildman–Crippen MR) is 154 cm³/mol. The molecule has 1 atom stereocenters. The van der Waals surface area contributed by atoms with Gasteiger partial charge in [0.05, 0.1) is 18.1 Å². The Balaban J connectivity index is 1.44. The maximum atomic E-state index is 15.5. The van der Waals surface area contributed by atoms with Crippen molar-refractivity contribution in [1.82, 2.24) is 15.0 Å². The number of rotatable bonds is 21. The standard InChI is InChI=1S/C32H48F3N3O3/c1-3-5-7-10-18-40-19-11-8-9-14-25-23-36-31(37-24-25)27-16-15-26-22-28(38-30(33)29(26)32(27,34)35)41-21-13-12-20-39-17-6-4-2/h22-24,27H,3-21H2,1-2H3. The lowest BCUT2D eigenvalue weighted by atomic mass is 9.80. The van der Waals surface area contributed by atoms with Gasteiger partial charge in [0.1, 0.15) is 5.82 Å². The summed E-state index contributed by atoms with van der Waals surface area (Å²) in [5.74, 6) is -5.86. The highest BCUT2D eigenvalue weighted by Crippen LogP contribution is 2.49. The fourth-order valence-corrected chi connectivity index (χ4v) is 5.06. The van der Waals surface area contributed by atoms with Crippen LogP contribution in [0.2, 0.25) is 0 Å². The first-order chi connectivity index (χ1) is 20.0. The Kier molecular flexibility index (Phi) is 14.9. The first-order valence-corrected chi connectivity index (χ1v) is 15.6.